The van der Waals surface area contributed by atoms with E-state index in [9.17, 15) is 9.59 Å². The van der Waals surface area contributed by atoms with Crippen molar-refractivity contribution in [2.24, 2.45) is 23.0 Å². The van der Waals surface area contributed by atoms with Crippen LogP contribution in [0.5, 0.6) is 0 Å². The summed E-state index contributed by atoms with van der Waals surface area (Å²) in [6, 6.07) is -0.548. The molecular weight excluding hydrogens is 296 g/mol. The van der Waals surface area contributed by atoms with Crippen LogP contribution in [0, 0.1) is 17.3 Å². The van der Waals surface area contributed by atoms with Gasteiger partial charge in [0.2, 0.25) is 5.91 Å². The molecule has 3 N–H and O–H groups in total. The fraction of sp³-hybridized carbons (Fsp3) is 0.882. The average Bonchev–Trinajstić information content (AvgIpc) is 2.48. The summed E-state index contributed by atoms with van der Waals surface area (Å²) < 4.78 is 10.6. The van der Waals surface area contributed by atoms with Crippen LogP contribution in [0.2, 0.25) is 0 Å². The van der Waals surface area contributed by atoms with E-state index in [-0.39, 0.29) is 29.6 Å². The summed E-state index contributed by atoms with van der Waals surface area (Å²) in [7, 11) is 0. The molecule has 0 aromatic rings. The first kappa shape index (κ1) is 22.0. The van der Waals surface area contributed by atoms with E-state index in [1.807, 2.05) is 27.7 Å². The first-order valence-corrected chi connectivity index (χ1v) is 8.32. The van der Waals surface area contributed by atoms with E-state index < -0.39 is 6.04 Å². The molecule has 6 nitrogen and oxygen atoms in total. The lowest BCUT2D eigenvalue weighted by Gasteiger charge is -2.34. The van der Waals surface area contributed by atoms with Crippen LogP contribution in [0.25, 0.3) is 0 Å². The summed E-state index contributed by atoms with van der Waals surface area (Å²) in [4.78, 5) is 23.3. The first-order chi connectivity index (χ1) is 10.6. The number of nitrogens with one attached hydrogen (secondary N) is 1. The zero-order chi connectivity index (χ0) is 18.0. The number of nitrogens with two attached hydrogens (primary N) is 1. The Morgan fingerprint density at radius 3 is 2.13 bits per heavy atom. The van der Waals surface area contributed by atoms with E-state index in [4.69, 9.17) is 15.2 Å². The molecule has 0 fully saturated rings. The fourth-order valence-electron chi connectivity index (χ4n) is 1.61. The Bertz CT molecular complexity index is 368. The number of ketones is 1. The Morgan fingerprint density at radius 1 is 1.04 bits per heavy atom. The summed E-state index contributed by atoms with van der Waals surface area (Å²) in [5.74, 6) is 0.223. The molecule has 0 bridgehead atoms. The molecule has 0 aliphatic heterocycles. The minimum Gasteiger partial charge on any atom is -0.377 e. The number of carbonyl (C=O) groups is 2. The lowest BCUT2D eigenvalue weighted by Crippen LogP contribution is -2.52. The highest BCUT2D eigenvalue weighted by Crippen LogP contribution is 2.29. The summed E-state index contributed by atoms with van der Waals surface area (Å²) in [6.45, 7) is 13.5. The minimum absolute atomic E-state index is 0.00886. The zero-order valence-corrected chi connectivity index (χ0v) is 15.5. The summed E-state index contributed by atoms with van der Waals surface area (Å²) >= 11 is 0. The maximum absolute atomic E-state index is 12.0. The molecule has 0 heterocycles. The van der Waals surface area contributed by atoms with Crippen LogP contribution in [-0.2, 0) is 19.1 Å². The van der Waals surface area contributed by atoms with Gasteiger partial charge in [0, 0.05) is 12.5 Å². The zero-order valence-electron chi connectivity index (χ0n) is 15.5. The Balaban J connectivity index is 3.73. The second-order valence-corrected chi connectivity index (χ2v) is 7.03. The molecule has 0 saturated heterocycles. The van der Waals surface area contributed by atoms with Crippen LogP contribution >= 0.6 is 0 Å². The van der Waals surface area contributed by atoms with Gasteiger partial charge in [-0.25, -0.2) is 0 Å². The second-order valence-electron chi connectivity index (χ2n) is 7.03. The summed E-state index contributed by atoms with van der Waals surface area (Å²) in [5.41, 5.74) is 5.76. The van der Waals surface area contributed by atoms with E-state index in [1.54, 1.807) is 0 Å². The maximum Gasteiger partial charge on any atom is 0.237 e. The molecule has 1 amide bonds. The largest absolute Gasteiger partial charge is 0.377 e. The van der Waals surface area contributed by atoms with Crippen molar-refractivity contribution < 1.29 is 19.1 Å². The predicted octanol–water partition coefficient (Wildman–Crippen LogP) is 1.37. The fourth-order valence-corrected chi connectivity index (χ4v) is 1.61. The molecule has 1 atom stereocenters. The van der Waals surface area contributed by atoms with Crippen LogP contribution in [0.3, 0.4) is 0 Å². The van der Waals surface area contributed by atoms with E-state index in [0.29, 0.717) is 32.3 Å². The highest BCUT2D eigenvalue weighted by Gasteiger charge is 2.34. The third-order valence-electron chi connectivity index (χ3n) is 4.38. The molecule has 0 aromatic carbocycles. The van der Waals surface area contributed by atoms with Crippen LogP contribution < -0.4 is 11.1 Å². The van der Waals surface area contributed by atoms with Gasteiger partial charge < -0.3 is 20.5 Å². The third kappa shape index (κ3) is 8.44. The maximum atomic E-state index is 12.0. The number of carbonyl (C=O) groups excluding carboxylic acids is 2. The molecule has 23 heavy (non-hydrogen) atoms. The average molecular weight is 330 g/mol. The molecule has 6 heteroatoms. The van der Waals surface area contributed by atoms with Gasteiger partial charge in [-0.2, -0.15) is 0 Å². The Morgan fingerprint density at radius 2 is 1.61 bits per heavy atom. The first-order valence-electron chi connectivity index (χ1n) is 8.32. The number of hydrogen-bond donors (Lipinski definition) is 2. The van der Waals surface area contributed by atoms with Gasteiger partial charge in [-0.3, -0.25) is 9.59 Å². The van der Waals surface area contributed by atoms with Crippen molar-refractivity contribution in [3.8, 4) is 0 Å². The molecule has 0 aliphatic carbocycles. The van der Waals surface area contributed by atoms with Crippen molar-refractivity contribution in [3.63, 3.8) is 0 Å². The molecule has 0 spiro atoms. The van der Waals surface area contributed by atoms with Gasteiger partial charge in [-0.1, -0.05) is 41.5 Å². The van der Waals surface area contributed by atoms with E-state index in [1.165, 1.54) is 0 Å². The molecule has 0 aliphatic rings. The second kappa shape index (κ2) is 10.7. The monoisotopic (exact) mass is 330 g/mol. The normalized spacial score (nSPS) is 13.4. The van der Waals surface area contributed by atoms with Crippen molar-refractivity contribution in [1.29, 1.82) is 0 Å². The van der Waals surface area contributed by atoms with Crippen LogP contribution in [-0.4, -0.2) is 50.7 Å². The van der Waals surface area contributed by atoms with Gasteiger partial charge in [0.25, 0.3) is 0 Å². The van der Waals surface area contributed by atoms with Crippen LogP contribution in [0.1, 0.15) is 41.5 Å². The molecule has 1 unspecified atom stereocenters. The van der Waals surface area contributed by atoms with Crippen molar-refractivity contribution in [2.75, 3.05) is 33.0 Å². The third-order valence-corrected chi connectivity index (χ3v) is 4.38. The van der Waals surface area contributed by atoms with Gasteiger partial charge in [0.1, 0.15) is 6.61 Å². The van der Waals surface area contributed by atoms with Crippen molar-refractivity contribution in [2.45, 2.75) is 47.6 Å². The lowest BCUT2D eigenvalue weighted by atomic mass is 9.75. The van der Waals surface area contributed by atoms with Crippen molar-refractivity contribution >= 4 is 11.7 Å². The summed E-state index contributed by atoms with van der Waals surface area (Å²) in [6.07, 6.45) is 0. The van der Waals surface area contributed by atoms with Crippen LogP contribution in [0.4, 0.5) is 0 Å². The van der Waals surface area contributed by atoms with E-state index >= 15 is 0 Å². The number of rotatable bonds is 12. The SMILES string of the molecule is CC(C)C(=O)COCCOCCNC(=O)C(N)C(C)(C)C(C)C. The lowest BCUT2D eigenvalue weighted by molar-refractivity contribution is -0.127. The Kier molecular flexibility index (Phi) is 10.3. The minimum atomic E-state index is -0.548. The van der Waals surface area contributed by atoms with E-state index in [0.717, 1.165) is 0 Å². The van der Waals surface area contributed by atoms with Gasteiger partial charge in [-0.15, -0.1) is 0 Å². The van der Waals surface area contributed by atoms with Gasteiger partial charge in [0.05, 0.1) is 25.9 Å². The van der Waals surface area contributed by atoms with Crippen molar-refractivity contribution in [1.82, 2.24) is 5.32 Å². The molecule has 0 rings (SSSR count). The Labute approximate surface area is 140 Å². The molecule has 0 radical (unpaired) electrons. The topological polar surface area (TPSA) is 90.6 Å². The number of hydrogen-bond acceptors (Lipinski definition) is 5. The molecule has 0 saturated carbocycles. The van der Waals surface area contributed by atoms with Crippen LogP contribution in [0.15, 0.2) is 0 Å². The summed E-state index contributed by atoms with van der Waals surface area (Å²) in [5, 5.41) is 2.78. The molecule has 0 aromatic heterocycles. The number of ether oxygens (including phenoxy) is 2. The molecular formula is C17H34N2O4. The number of amides is 1. The number of Topliss-reactive ketones (excluding diaryl/α,β-unsaturated/α-hetero) is 1. The highest BCUT2D eigenvalue weighted by atomic mass is 16.5. The van der Waals surface area contributed by atoms with Gasteiger partial charge >= 0.3 is 0 Å². The van der Waals surface area contributed by atoms with Gasteiger partial charge in [0.15, 0.2) is 5.78 Å². The van der Waals surface area contributed by atoms with E-state index in [2.05, 4.69) is 19.2 Å². The predicted molar refractivity (Wildman–Crippen MR) is 91.1 cm³/mol. The highest BCUT2D eigenvalue weighted by molar-refractivity contribution is 5.82. The standard InChI is InChI=1S/C17H34N2O4/c1-12(2)14(20)11-23-10-9-22-8-7-19-16(21)15(18)17(5,6)13(3)4/h12-13,15H,7-11,18H2,1-6H3,(H,19,21). The van der Waals surface area contributed by atoms with Crippen molar-refractivity contribution in [3.05, 3.63) is 0 Å². The smallest absolute Gasteiger partial charge is 0.237 e. The quantitative estimate of drug-likeness (QED) is 0.527. The Hall–Kier alpha value is -0.980. The molecule has 136 valence electrons. The van der Waals surface area contributed by atoms with Gasteiger partial charge in [-0.05, 0) is 11.3 Å².